The average Bonchev–Trinajstić information content (AvgIpc) is 2.62. The molecule has 1 aromatic rings. The summed E-state index contributed by atoms with van der Waals surface area (Å²) in [7, 11) is 1.71. The summed E-state index contributed by atoms with van der Waals surface area (Å²) in [5.74, 6) is 0. The number of rotatable bonds is 5. The molecule has 1 atom stereocenters. The van der Waals surface area contributed by atoms with Crippen LogP contribution in [0.15, 0.2) is 18.3 Å². The maximum Gasteiger partial charge on any atom is 0.120 e. The summed E-state index contributed by atoms with van der Waals surface area (Å²) >= 11 is 4.96. The van der Waals surface area contributed by atoms with Gasteiger partial charge in [0.1, 0.15) is 4.99 Å². The summed E-state index contributed by atoms with van der Waals surface area (Å²) in [5.41, 5.74) is 6.52. The molecule has 0 aliphatic rings. The fourth-order valence-corrected chi connectivity index (χ4v) is 1.59. The van der Waals surface area contributed by atoms with Crippen molar-refractivity contribution in [3.63, 3.8) is 0 Å². The molecule has 4 heteroatoms. The van der Waals surface area contributed by atoms with Gasteiger partial charge < -0.3 is 15.0 Å². The van der Waals surface area contributed by atoms with Gasteiger partial charge in [-0.25, -0.2) is 0 Å². The number of thiocarbonyl (C=S) groups is 1. The van der Waals surface area contributed by atoms with E-state index in [4.69, 9.17) is 22.7 Å². The first-order valence-corrected chi connectivity index (χ1v) is 5.03. The molecule has 1 unspecified atom stereocenters. The molecule has 0 fully saturated rings. The monoisotopic (exact) mass is 212 g/mol. The molecule has 0 aromatic carbocycles. The fourth-order valence-electron chi connectivity index (χ4n) is 1.41. The van der Waals surface area contributed by atoms with Crippen LogP contribution in [0.3, 0.4) is 0 Å². The van der Waals surface area contributed by atoms with Crippen molar-refractivity contribution in [1.82, 2.24) is 4.57 Å². The van der Waals surface area contributed by atoms with Crippen LogP contribution >= 0.6 is 12.2 Å². The summed E-state index contributed by atoms with van der Waals surface area (Å²) in [4.78, 5) is 0.444. The first-order valence-electron chi connectivity index (χ1n) is 4.62. The zero-order valence-electron chi connectivity index (χ0n) is 8.56. The van der Waals surface area contributed by atoms with Crippen LogP contribution in [0, 0.1) is 0 Å². The molecule has 2 N–H and O–H groups in total. The van der Waals surface area contributed by atoms with Crippen LogP contribution in [0.4, 0.5) is 0 Å². The third-order valence-corrected chi connectivity index (χ3v) is 2.46. The van der Waals surface area contributed by atoms with Crippen molar-refractivity contribution < 1.29 is 4.74 Å². The van der Waals surface area contributed by atoms with Gasteiger partial charge in [-0.05, 0) is 25.5 Å². The first kappa shape index (κ1) is 11.2. The van der Waals surface area contributed by atoms with E-state index < -0.39 is 0 Å². The van der Waals surface area contributed by atoms with Gasteiger partial charge in [-0.3, -0.25) is 0 Å². The number of nitrogens with two attached hydrogens (primary N) is 1. The Hall–Kier alpha value is -0.870. The van der Waals surface area contributed by atoms with E-state index in [1.807, 2.05) is 18.3 Å². The highest BCUT2D eigenvalue weighted by Gasteiger charge is 2.09. The van der Waals surface area contributed by atoms with Gasteiger partial charge in [0, 0.05) is 26.0 Å². The highest BCUT2D eigenvalue weighted by Crippen LogP contribution is 2.14. The first-order chi connectivity index (χ1) is 6.66. The van der Waals surface area contributed by atoms with Gasteiger partial charge >= 0.3 is 0 Å². The molecule has 0 radical (unpaired) electrons. The highest BCUT2D eigenvalue weighted by atomic mass is 32.1. The van der Waals surface area contributed by atoms with Gasteiger partial charge in [0.05, 0.1) is 5.69 Å². The third-order valence-electron chi connectivity index (χ3n) is 2.25. The van der Waals surface area contributed by atoms with E-state index in [1.165, 1.54) is 0 Å². The van der Waals surface area contributed by atoms with E-state index in [-0.39, 0.29) is 0 Å². The van der Waals surface area contributed by atoms with Crippen LogP contribution in [0.25, 0.3) is 0 Å². The molecule has 0 saturated carbocycles. The summed E-state index contributed by atoms with van der Waals surface area (Å²) in [5, 5.41) is 0. The molecule has 0 amide bonds. The third kappa shape index (κ3) is 2.56. The minimum absolute atomic E-state index is 0.362. The average molecular weight is 212 g/mol. The van der Waals surface area contributed by atoms with E-state index in [2.05, 4.69) is 11.5 Å². The Morgan fingerprint density at radius 3 is 3.00 bits per heavy atom. The summed E-state index contributed by atoms with van der Waals surface area (Å²) in [6, 6.07) is 4.25. The Morgan fingerprint density at radius 1 is 1.71 bits per heavy atom. The number of hydrogen-bond donors (Lipinski definition) is 1. The summed E-state index contributed by atoms with van der Waals surface area (Å²) in [6.07, 6.45) is 2.95. The molecule has 3 nitrogen and oxygen atoms in total. The molecular weight excluding hydrogens is 196 g/mol. The van der Waals surface area contributed by atoms with E-state index >= 15 is 0 Å². The van der Waals surface area contributed by atoms with Gasteiger partial charge in [0.25, 0.3) is 0 Å². The predicted molar refractivity (Wildman–Crippen MR) is 61.5 cm³/mol. The molecule has 0 saturated heterocycles. The van der Waals surface area contributed by atoms with Crippen LogP contribution in [0.5, 0.6) is 0 Å². The van der Waals surface area contributed by atoms with E-state index in [1.54, 1.807) is 7.11 Å². The molecule has 0 aliphatic carbocycles. The molecule has 1 rings (SSSR count). The van der Waals surface area contributed by atoms with Gasteiger partial charge in [-0.2, -0.15) is 0 Å². The Kier molecular flexibility index (Phi) is 4.10. The van der Waals surface area contributed by atoms with Crippen molar-refractivity contribution >= 4 is 17.2 Å². The van der Waals surface area contributed by atoms with E-state index in [0.29, 0.717) is 11.0 Å². The second-order valence-corrected chi connectivity index (χ2v) is 3.74. The van der Waals surface area contributed by atoms with Crippen LogP contribution in [-0.2, 0) is 4.74 Å². The minimum Gasteiger partial charge on any atom is -0.388 e. The molecule has 78 valence electrons. The van der Waals surface area contributed by atoms with Crippen molar-refractivity contribution in [3.05, 3.63) is 24.0 Å². The molecule has 1 heterocycles. The van der Waals surface area contributed by atoms with Crippen molar-refractivity contribution in [2.24, 2.45) is 5.73 Å². The second kappa shape index (κ2) is 5.12. The molecule has 1 aromatic heterocycles. The number of ether oxygens (including phenoxy) is 1. The lowest BCUT2D eigenvalue weighted by Gasteiger charge is -2.16. The lowest BCUT2D eigenvalue weighted by molar-refractivity contribution is 0.181. The fraction of sp³-hybridized carbons (Fsp3) is 0.500. The zero-order chi connectivity index (χ0) is 10.6. The molecule has 0 aliphatic heterocycles. The van der Waals surface area contributed by atoms with Crippen LogP contribution in [0.1, 0.15) is 25.1 Å². The molecule has 0 spiro atoms. The standard InChI is InChI=1S/C10H16N2OS/c1-8(5-7-13-2)12-6-3-4-9(12)10(11)14/h3-4,6,8H,5,7H2,1-2H3,(H2,11,14). The zero-order valence-corrected chi connectivity index (χ0v) is 9.38. The highest BCUT2D eigenvalue weighted by molar-refractivity contribution is 7.80. The summed E-state index contributed by atoms with van der Waals surface area (Å²) < 4.78 is 7.12. The van der Waals surface area contributed by atoms with Crippen molar-refractivity contribution in [2.75, 3.05) is 13.7 Å². The Morgan fingerprint density at radius 2 is 2.43 bits per heavy atom. The van der Waals surface area contributed by atoms with Crippen molar-refractivity contribution in [2.45, 2.75) is 19.4 Å². The predicted octanol–water partition coefficient (Wildman–Crippen LogP) is 1.72. The number of methoxy groups -OCH3 is 1. The van der Waals surface area contributed by atoms with Crippen molar-refractivity contribution in [3.8, 4) is 0 Å². The quantitative estimate of drug-likeness (QED) is 0.755. The van der Waals surface area contributed by atoms with Gasteiger partial charge in [-0.15, -0.1) is 0 Å². The SMILES string of the molecule is COCCC(C)n1cccc1C(N)=S. The molecule has 0 bridgehead atoms. The Balaban J connectivity index is 2.73. The maximum atomic E-state index is 5.60. The largest absolute Gasteiger partial charge is 0.388 e. The number of hydrogen-bond acceptors (Lipinski definition) is 2. The van der Waals surface area contributed by atoms with E-state index in [0.717, 1.165) is 18.7 Å². The topological polar surface area (TPSA) is 40.2 Å². The van der Waals surface area contributed by atoms with Crippen LogP contribution in [-0.4, -0.2) is 23.3 Å². The van der Waals surface area contributed by atoms with E-state index in [9.17, 15) is 0 Å². The van der Waals surface area contributed by atoms with Gasteiger partial charge in [0.15, 0.2) is 0 Å². The number of nitrogens with zero attached hydrogens (tertiary/aromatic N) is 1. The smallest absolute Gasteiger partial charge is 0.120 e. The van der Waals surface area contributed by atoms with Crippen LogP contribution < -0.4 is 5.73 Å². The van der Waals surface area contributed by atoms with Gasteiger partial charge in [0.2, 0.25) is 0 Å². The second-order valence-electron chi connectivity index (χ2n) is 3.30. The Labute approximate surface area is 89.9 Å². The van der Waals surface area contributed by atoms with Gasteiger partial charge in [-0.1, -0.05) is 12.2 Å². The molecule has 14 heavy (non-hydrogen) atoms. The lowest BCUT2D eigenvalue weighted by Crippen LogP contribution is -2.18. The number of aromatic nitrogens is 1. The summed E-state index contributed by atoms with van der Waals surface area (Å²) in [6.45, 7) is 2.87. The maximum absolute atomic E-state index is 5.60. The normalized spacial score (nSPS) is 12.7. The minimum atomic E-state index is 0.362. The van der Waals surface area contributed by atoms with Crippen molar-refractivity contribution in [1.29, 1.82) is 0 Å². The molecular formula is C10H16N2OS. The Bertz CT molecular complexity index is 309. The lowest BCUT2D eigenvalue weighted by atomic mass is 10.2. The van der Waals surface area contributed by atoms with Crippen LogP contribution in [0.2, 0.25) is 0 Å².